The lowest BCUT2D eigenvalue weighted by atomic mass is 10.0. The van der Waals surface area contributed by atoms with Crippen LogP contribution in [0.3, 0.4) is 0 Å². The Morgan fingerprint density at radius 2 is 1.70 bits per heavy atom. The zero-order chi connectivity index (χ0) is 31.8. The molecule has 0 radical (unpaired) electrons. The molecule has 1 aliphatic heterocycles. The molecule has 0 saturated carbocycles. The summed E-state index contributed by atoms with van der Waals surface area (Å²) in [5.41, 5.74) is -0.0710. The van der Waals surface area contributed by atoms with E-state index < -0.39 is 31.1 Å². The van der Waals surface area contributed by atoms with E-state index in [0.29, 0.717) is 54.8 Å². The molecule has 1 aliphatic rings. The normalized spacial score (nSPS) is 14.9. The number of carbonyl (C=O) groups is 1. The van der Waals surface area contributed by atoms with Crippen LogP contribution in [0, 0.1) is 17.5 Å². The van der Waals surface area contributed by atoms with Crippen molar-refractivity contribution in [2.45, 2.75) is 77.7 Å². The molecule has 1 fully saturated rings. The van der Waals surface area contributed by atoms with E-state index in [4.69, 9.17) is 19.6 Å². The van der Waals surface area contributed by atoms with Gasteiger partial charge < -0.3 is 19.7 Å². The molecule has 1 amide bonds. The Morgan fingerprint density at radius 3 is 2.34 bits per heavy atom. The topological polar surface area (TPSA) is 81.5 Å². The van der Waals surface area contributed by atoms with Crippen molar-refractivity contribution in [3.63, 3.8) is 0 Å². The minimum absolute atomic E-state index is 0.00963. The summed E-state index contributed by atoms with van der Waals surface area (Å²) in [6.07, 6.45) is 0.922. The number of benzene rings is 2. The van der Waals surface area contributed by atoms with Crippen molar-refractivity contribution < 1.29 is 27.4 Å². The fourth-order valence-electron chi connectivity index (χ4n) is 5.24. The quantitative estimate of drug-likeness (QED) is 0.159. The summed E-state index contributed by atoms with van der Waals surface area (Å²) < 4.78 is 57.9. The summed E-state index contributed by atoms with van der Waals surface area (Å²) in [6, 6.07) is 8.60. The number of likely N-dealkylation sites (tertiary alicyclic amines) is 1. The minimum atomic E-state index is -1.34. The highest BCUT2D eigenvalue weighted by molar-refractivity contribution is 6.76. The van der Waals surface area contributed by atoms with Gasteiger partial charge in [-0.05, 0) is 70.0 Å². The average molecular weight is 628 g/mol. The summed E-state index contributed by atoms with van der Waals surface area (Å²) in [6.45, 7) is 14.0. The van der Waals surface area contributed by atoms with Gasteiger partial charge in [-0.3, -0.25) is 0 Å². The summed E-state index contributed by atoms with van der Waals surface area (Å²) >= 11 is 0. The second-order valence-corrected chi connectivity index (χ2v) is 19.1. The second kappa shape index (κ2) is 12.4. The Labute approximate surface area is 256 Å². The van der Waals surface area contributed by atoms with Gasteiger partial charge in [0.1, 0.15) is 40.8 Å². The number of nitrogens with one attached hydrogen (secondary N) is 1. The fourth-order valence-corrected chi connectivity index (χ4v) is 5.99. The molecule has 0 unspecified atom stereocenters. The maximum Gasteiger partial charge on any atom is 0.410 e. The van der Waals surface area contributed by atoms with Crippen molar-refractivity contribution >= 4 is 41.8 Å². The first-order valence-corrected chi connectivity index (χ1v) is 18.7. The number of fused-ring (bicyclic) bond motifs is 3. The molecule has 0 aliphatic carbocycles. The molecule has 2 aromatic heterocycles. The molecule has 12 heteroatoms. The Morgan fingerprint density at radius 1 is 1.02 bits per heavy atom. The fraction of sp³-hybridized carbons (Fsp3) is 0.469. The molecule has 2 aromatic carbocycles. The van der Waals surface area contributed by atoms with Crippen molar-refractivity contribution in [2.24, 2.45) is 0 Å². The Bertz CT molecular complexity index is 1650. The number of ether oxygens (including phenoxy) is 2. The molecule has 1 saturated heterocycles. The number of aromatic nitrogens is 3. The van der Waals surface area contributed by atoms with Gasteiger partial charge in [0.2, 0.25) is 0 Å². The van der Waals surface area contributed by atoms with Crippen LogP contribution < -0.4 is 5.32 Å². The molecule has 0 spiro atoms. The molecule has 5 rings (SSSR count). The van der Waals surface area contributed by atoms with Crippen LogP contribution in [0.25, 0.3) is 33.1 Å². The van der Waals surface area contributed by atoms with Crippen LogP contribution in [0.2, 0.25) is 25.7 Å². The maximum atomic E-state index is 15.1. The molecular formula is C32H40F3N5O3Si. The summed E-state index contributed by atoms with van der Waals surface area (Å²) in [5, 5.41) is 9.13. The first-order valence-electron chi connectivity index (χ1n) is 15.0. The van der Waals surface area contributed by atoms with Crippen LogP contribution >= 0.6 is 0 Å². The monoisotopic (exact) mass is 627 g/mol. The number of carbonyl (C=O) groups excluding carboxylic acids is 1. The predicted molar refractivity (Wildman–Crippen MR) is 169 cm³/mol. The van der Waals surface area contributed by atoms with E-state index in [1.165, 1.54) is 18.2 Å². The molecule has 0 atom stereocenters. The average Bonchev–Trinajstić information content (AvgIpc) is 3.26. The first kappa shape index (κ1) is 31.8. The summed E-state index contributed by atoms with van der Waals surface area (Å²) in [4.78, 5) is 19.1. The molecule has 8 nitrogen and oxygen atoms in total. The second-order valence-electron chi connectivity index (χ2n) is 13.5. The van der Waals surface area contributed by atoms with E-state index in [1.807, 2.05) is 20.8 Å². The maximum absolute atomic E-state index is 15.1. The summed E-state index contributed by atoms with van der Waals surface area (Å²) in [7, 11) is -1.34. The third-order valence-electron chi connectivity index (χ3n) is 7.54. The van der Waals surface area contributed by atoms with Gasteiger partial charge in [0.05, 0.1) is 11.3 Å². The molecule has 44 heavy (non-hydrogen) atoms. The third kappa shape index (κ3) is 7.18. The lowest BCUT2D eigenvalue weighted by Crippen LogP contribution is -2.44. The third-order valence-corrected chi connectivity index (χ3v) is 9.24. The number of hydrogen-bond acceptors (Lipinski definition) is 6. The van der Waals surface area contributed by atoms with E-state index in [-0.39, 0.29) is 35.5 Å². The highest BCUT2D eigenvalue weighted by Gasteiger charge is 2.29. The predicted octanol–water partition coefficient (Wildman–Crippen LogP) is 7.79. The van der Waals surface area contributed by atoms with Crippen LogP contribution in [-0.2, 0) is 16.2 Å². The molecule has 4 aromatic rings. The number of halogens is 3. The Balaban J connectivity index is 1.55. The van der Waals surface area contributed by atoms with Gasteiger partial charge in [0.15, 0.2) is 5.82 Å². The van der Waals surface area contributed by atoms with Gasteiger partial charge in [-0.2, -0.15) is 5.10 Å². The van der Waals surface area contributed by atoms with E-state index in [1.54, 1.807) is 15.6 Å². The van der Waals surface area contributed by atoms with E-state index in [2.05, 4.69) is 25.0 Å². The van der Waals surface area contributed by atoms with Crippen LogP contribution in [0.15, 0.2) is 36.4 Å². The zero-order valence-corrected chi connectivity index (χ0v) is 27.1. The molecule has 1 N–H and O–H groups in total. The number of rotatable bonds is 8. The molecular weight excluding hydrogens is 587 g/mol. The number of amides is 1. The zero-order valence-electron chi connectivity index (χ0n) is 26.1. The van der Waals surface area contributed by atoms with Crippen molar-refractivity contribution in [2.75, 3.05) is 25.0 Å². The van der Waals surface area contributed by atoms with Gasteiger partial charge >= 0.3 is 6.09 Å². The van der Waals surface area contributed by atoms with Crippen molar-refractivity contribution in [1.82, 2.24) is 19.7 Å². The number of nitrogens with zero attached hydrogens (tertiary/aromatic N) is 4. The van der Waals surface area contributed by atoms with Crippen LogP contribution in [0.4, 0.5) is 23.8 Å². The molecule has 236 valence electrons. The number of pyridine rings is 1. The molecule has 3 heterocycles. The lowest BCUT2D eigenvalue weighted by molar-refractivity contribution is 0.0210. The van der Waals surface area contributed by atoms with E-state index in [9.17, 15) is 9.18 Å². The standard InChI is InChI=1S/C32H40F3N5O3Si/c1-32(2,3)43-31(41)39-14-12-21(13-15-39)36-30-29-28(38-40(30)19-42-16-17-44(4,5)6)22-11-10-20(33)18-23(22)27(37-29)26-24(34)8-7-9-25(26)35/h7-11,18,21,36H,12-17,19H2,1-6H3. The highest BCUT2D eigenvalue weighted by Crippen LogP contribution is 2.38. The van der Waals surface area contributed by atoms with Crippen LogP contribution in [0.1, 0.15) is 33.6 Å². The Hall–Kier alpha value is -3.64. The van der Waals surface area contributed by atoms with Gasteiger partial charge in [-0.1, -0.05) is 25.7 Å². The first-order chi connectivity index (χ1) is 20.7. The number of hydrogen-bond donors (Lipinski definition) is 1. The van der Waals surface area contributed by atoms with E-state index >= 15 is 8.78 Å². The van der Waals surface area contributed by atoms with E-state index in [0.717, 1.165) is 18.2 Å². The van der Waals surface area contributed by atoms with Gasteiger partial charge in [-0.15, -0.1) is 0 Å². The van der Waals surface area contributed by atoms with Crippen molar-refractivity contribution in [1.29, 1.82) is 0 Å². The van der Waals surface area contributed by atoms with Crippen LogP contribution in [-0.4, -0.2) is 65.2 Å². The van der Waals surface area contributed by atoms with Crippen molar-refractivity contribution in [3.05, 3.63) is 53.8 Å². The highest BCUT2D eigenvalue weighted by atomic mass is 28.3. The van der Waals surface area contributed by atoms with Crippen molar-refractivity contribution in [3.8, 4) is 11.3 Å². The number of piperidine rings is 1. The van der Waals surface area contributed by atoms with Gasteiger partial charge in [0, 0.05) is 44.6 Å². The minimum Gasteiger partial charge on any atom is -0.444 e. The largest absolute Gasteiger partial charge is 0.444 e. The van der Waals surface area contributed by atoms with Gasteiger partial charge in [0.25, 0.3) is 0 Å². The number of anilines is 1. The smallest absolute Gasteiger partial charge is 0.410 e. The molecule has 0 bridgehead atoms. The van der Waals surface area contributed by atoms with Crippen LogP contribution in [0.5, 0.6) is 0 Å². The van der Waals surface area contributed by atoms with Gasteiger partial charge in [-0.25, -0.2) is 27.6 Å². The lowest BCUT2D eigenvalue weighted by Gasteiger charge is -2.34. The SMILES string of the molecule is CC(C)(C)OC(=O)N1CCC(Nc2c3nc(-c4c(F)cccc4F)c4cc(F)ccc4c3nn2COCC[Si](C)(C)C)CC1. The summed E-state index contributed by atoms with van der Waals surface area (Å²) in [5.74, 6) is -1.61. The Kier molecular flexibility index (Phi) is 8.95.